The second kappa shape index (κ2) is 6.10. The highest BCUT2D eigenvalue weighted by atomic mass is 79.9. The number of benzene rings is 2. The Bertz CT molecular complexity index is 847. The Kier molecular flexibility index (Phi) is 4.58. The van der Waals surface area contributed by atoms with Crippen molar-refractivity contribution < 1.29 is 18.3 Å². The molecule has 0 aromatic heterocycles. The Balaban J connectivity index is 2.52. The molecular weight excluding hydrogens is 370 g/mol. The van der Waals surface area contributed by atoms with Gasteiger partial charge in [-0.2, -0.15) is 0 Å². The van der Waals surface area contributed by atoms with Crippen LogP contribution in [0.2, 0.25) is 0 Å². The zero-order chi connectivity index (χ0) is 16.5. The molecule has 0 fully saturated rings. The van der Waals surface area contributed by atoms with Crippen LogP contribution in [-0.2, 0) is 10.0 Å². The summed E-state index contributed by atoms with van der Waals surface area (Å²) in [6.07, 6.45) is 0. The Morgan fingerprint density at radius 1 is 1.18 bits per heavy atom. The number of nitrogens with one attached hydrogen (secondary N) is 1. The maximum absolute atomic E-state index is 12.5. The molecule has 0 aliphatic heterocycles. The van der Waals surface area contributed by atoms with Crippen LogP contribution in [0.15, 0.2) is 45.8 Å². The quantitative estimate of drug-likeness (QED) is 0.844. The third-order valence-electron chi connectivity index (χ3n) is 3.12. The number of hydrogen-bond acceptors (Lipinski definition) is 3. The molecular formula is C15H14BrNO4S. The van der Waals surface area contributed by atoms with Crippen LogP contribution in [0.3, 0.4) is 0 Å². The summed E-state index contributed by atoms with van der Waals surface area (Å²) in [5.41, 5.74) is 1.42. The first-order valence-corrected chi connectivity index (χ1v) is 8.62. The third kappa shape index (κ3) is 3.31. The fourth-order valence-corrected chi connectivity index (χ4v) is 4.34. The Labute approximate surface area is 137 Å². The maximum atomic E-state index is 12.5. The molecule has 2 aromatic carbocycles. The zero-order valence-electron chi connectivity index (χ0n) is 11.9. The molecule has 0 aliphatic rings. The zero-order valence-corrected chi connectivity index (χ0v) is 14.3. The number of para-hydroxylation sites is 1. The van der Waals surface area contributed by atoms with Crippen LogP contribution >= 0.6 is 15.9 Å². The van der Waals surface area contributed by atoms with Gasteiger partial charge in [0.25, 0.3) is 10.0 Å². The molecule has 0 spiro atoms. The number of anilines is 1. The van der Waals surface area contributed by atoms with Crippen molar-refractivity contribution in [1.82, 2.24) is 0 Å². The molecule has 0 aliphatic carbocycles. The Morgan fingerprint density at radius 2 is 1.86 bits per heavy atom. The monoisotopic (exact) mass is 383 g/mol. The Morgan fingerprint density at radius 3 is 2.45 bits per heavy atom. The minimum Gasteiger partial charge on any atom is -0.478 e. The van der Waals surface area contributed by atoms with E-state index in [0.29, 0.717) is 10.0 Å². The van der Waals surface area contributed by atoms with Crippen molar-refractivity contribution in [2.75, 3.05) is 4.72 Å². The van der Waals surface area contributed by atoms with Crippen molar-refractivity contribution in [3.63, 3.8) is 0 Å². The van der Waals surface area contributed by atoms with E-state index in [4.69, 9.17) is 0 Å². The van der Waals surface area contributed by atoms with Gasteiger partial charge in [0.15, 0.2) is 0 Å². The van der Waals surface area contributed by atoms with Gasteiger partial charge in [0.2, 0.25) is 0 Å². The van der Waals surface area contributed by atoms with E-state index in [1.807, 2.05) is 6.92 Å². The van der Waals surface area contributed by atoms with Crippen molar-refractivity contribution in [3.05, 3.63) is 57.6 Å². The highest BCUT2D eigenvalue weighted by Crippen LogP contribution is 2.28. The van der Waals surface area contributed by atoms with Gasteiger partial charge in [-0.15, -0.1) is 0 Å². The number of halogens is 1. The molecule has 0 unspecified atom stereocenters. The molecule has 0 amide bonds. The number of aromatic carboxylic acids is 1. The number of carboxylic acid groups (broad SMARTS) is 1. The molecule has 2 aromatic rings. The van der Waals surface area contributed by atoms with Crippen LogP contribution in [0.5, 0.6) is 0 Å². The number of carbonyl (C=O) groups is 1. The van der Waals surface area contributed by atoms with Gasteiger partial charge in [-0.1, -0.05) is 18.2 Å². The van der Waals surface area contributed by atoms with Crippen molar-refractivity contribution in [1.29, 1.82) is 0 Å². The van der Waals surface area contributed by atoms with Gasteiger partial charge in [-0.25, -0.2) is 13.2 Å². The van der Waals surface area contributed by atoms with Crippen molar-refractivity contribution in [2.24, 2.45) is 0 Å². The average molecular weight is 384 g/mol. The number of hydrogen-bond donors (Lipinski definition) is 2. The smallest absolute Gasteiger partial charge is 0.337 e. The van der Waals surface area contributed by atoms with Gasteiger partial charge in [0, 0.05) is 4.47 Å². The predicted octanol–water partition coefficient (Wildman–Crippen LogP) is 3.56. The molecule has 0 atom stereocenters. The molecule has 0 saturated carbocycles. The van der Waals surface area contributed by atoms with Crippen LogP contribution in [0.1, 0.15) is 21.5 Å². The molecule has 2 N–H and O–H groups in total. The predicted molar refractivity (Wildman–Crippen MR) is 87.8 cm³/mol. The van der Waals surface area contributed by atoms with E-state index in [9.17, 15) is 18.3 Å². The molecule has 7 heteroatoms. The fourth-order valence-electron chi connectivity index (χ4n) is 1.99. The van der Waals surface area contributed by atoms with Crippen LogP contribution < -0.4 is 4.72 Å². The van der Waals surface area contributed by atoms with Crippen molar-refractivity contribution in [2.45, 2.75) is 18.7 Å². The second-order valence-electron chi connectivity index (χ2n) is 4.84. The summed E-state index contributed by atoms with van der Waals surface area (Å²) in [5, 5.41) is 9.20. The second-order valence-corrected chi connectivity index (χ2v) is 7.35. The first-order chi connectivity index (χ1) is 10.2. The van der Waals surface area contributed by atoms with E-state index in [-0.39, 0.29) is 16.1 Å². The average Bonchev–Trinajstić information content (AvgIpc) is 2.40. The van der Waals surface area contributed by atoms with E-state index in [1.54, 1.807) is 31.2 Å². The first-order valence-electron chi connectivity index (χ1n) is 6.34. The summed E-state index contributed by atoms with van der Waals surface area (Å²) in [5.74, 6) is -1.19. The molecule has 5 nitrogen and oxygen atoms in total. The molecule has 22 heavy (non-hydrogen) atoms. The topological polar surface area (TPSA) is 83.5 Å². The van der Waals surface area contributed by atoms with Crippen molar-refractivity contribution >= 4 is 37.6 Å². The molecule has 2 rings (SSSR count). The largest absolute Gasteiger partial charge is 0.478 e. The van der Waals surface area contributed by atoms with Gasteiger partial charge in [-0.3, -0.25) is 4.72 Å². The summed E-state index contributed by atoms with van der Waals surface area (Å²) in [7, 11) is -3.90. The molecule has 0 radical (unpaired) electrons. The standard InChI is InChI=1S/C15H14BrNO4S/c1-9-6-7-13(12(16)8-9)22(20,21)17-14-10(2)4-3-5-11(14)15(18)19/h3-8,17H,1-2H3,(H,18,19). The minimum absolute atomic E-state index is 0.0534. The fraction of sp³-hybridized carbons (Fsp3) is 0.133. The van der Waals surface area contributed by atoms with Crippen LogP contribution in [-0.4, -0.2) is 19.5 Å². The number of rotatable bonds is 4. The highest BCUT2D eigenvalue weighted by Gasteiger charge is 2.22. The number of sulfonamides is 1. The Hall–Kier alpha value is -1.86. The summed E-state index contributed by atoms with van der Waals surface area (Å²) >= 11 is 3.23. The van der Waals surface area contributed by atoms with E-state index >= 15 is 0 Å². The van der Waals surface area contributed by atoms with Gasteiger partial charge in [-0.05, 0) is 59.1 Å². The normalized spacial score (nSPS) is 11.2. The van der Waals surface area contributed by atoms with Gasteiger partial charge in [0.05, 0.1) is 11.3 Å². The lowest BCUT2D eigenvalue weighted by Gasteiger charge is -2.14. The van der Waals surface area contributed by atoms with E-state index in [2.05, 4.69) is 20.7 Å². The number of aryl methyl sites for hydroxylation is 2. The summed E-state index contributed by atoms with van der Waals surface area (Å²) < 4.78 is 27.8. The summed E-state index contributed by atoms with van der Waals surface area (Å²) in [6.45, 7) is 3.49. The molecule has 0 heterocycles. The lowest BCUT2D eigenvalue weighted by Crippen LogP contribution is -2.17. The van der Waals surface area contributed by atoms with E-state index < -0.39 is 16.0 Å². The van der Waals surface area contributed by atoms with Gasteiger partial charge < -0.3 is 5.11 Å². The molecule has 0 bridgehead atoms. The van der Waals surface area contributed by atoms with E-state index in [0.717, 1.165) is 5.56 Å². The van der Waals surface area contributed by atoms with Crippen molar-refractivity contribution in [3.8, 4) is 0 Å². The summed E-state index contributed by atoms with van der Waals surface area (Å²) in [4.78, 5) is 11.3. The maximum Gasteiger partial charge on any atom is 0.337 e. The SMILES string of the molecule is Cc1ccc(S(=O)(=O)Nc2c(C)cccc2C(=O)O)c(Br)c1. The van der Waals surface area contributed by atoms with Crippen LogP contribution in [0.25, 0.3) is 0 Å². The number of carboxylic acids is 1. The van der Waals surface area contributed by atoms with Gasteiger partial charge >= 0.3 is 5.97 Å². The minimum atomic E-state index is -3.90. The molecule has 116 valence electrons. The highest BCUT2D eigenvalue weighted by molar-refractivity contribution is 9.10. The lowest BCUT2D eigenvalue weighted by molar-refractivity contribution is 0.0698. The van der Waals surface area contributed by atoms with Crippen LogP contribution in [0, 0.1) is 13.8 Å². The lowest BCUT2D eigenvalue weighted by atomic mass is 10.1. The molecule has 0 saturated heterocycles. The third-order valence-corrected chi connectivity index (χ3v) is 5.44. The van der Waals surface area contributed by atoms with E-state index in [1.165, 1.54) is 12.1 Å². The summed E-state index contributed by atoms with van der Waals surface area (Å²) in [6, 6.07) is 9.41. The first kappa shape index (κ1) is 16.5. The van der Waals surface area contributed by atoms with Crippen LogP contribution in [0.4, 0.5) is 5.69 Å². The van der Waals surface area contributed by atoms with Gasteiger partial charge in [0.1, 0.15) is 4.90 Å².